The number of benzene rings is 1. The minimum atomic E-state index is 1.13. The summed E-state index contributed by atoms with van der Waals surface area (Å²) in [6.07, 6.45) is 34.6. The first-order chi connectivity index (χ1) is 18.2. The van der Waals surface area contributed by atoms with Gasteiger partial charge in [0.1, 0.15) is 6.54 Å². The highest BCUT2D eigenvalue weighted by Gasteiger charge is 2.01. The van der Waals surface area contributed by atoms with Crippen LogP contribution in [0.1, 0.15) is 134 Å². The number of hydrogen-bond donors (Lipinski definition) is 0. The molecule has 0 unspecified atom stereocenters. The third-order valence-electron chi connectivity index (χ3n) is 7.56. The van der Waals surface area contributed by atoms with E-state index in [1.807, 2.05) is 0 Å². The van der Waals surface area contributed by atoms with E-state index >= 15 is 0 Å². The van der Waals surface area contributed by atoms with Crippen LogP contribution in [0.15, 0.2) is 48.8 Å². The highest BCUT2D eigenvalue weighted by atomic mass is 15.1. The van der Waals surface area contributed by atoms with Crippen LogP contribution < -0.4 is 9.47 Å². The molecule has 0 amide bonds. The van der Waals surface area contributed by atoms with Crippen LogP contribution in [0.5, 0.6) is 0 Å². The van der Waals surface area contributed by atoms with E-state index in [4.69, 9.17) is 0 Å². The molecule has 0 saturated carbocycles. The fraction of sp³-hybridized carbons (Fsp3) is 0.629. The van der Waals surface area contributed by atoms with Crippen LogP contribution >= 0.6 is 0 Å². The smallest absolute Gasteiger partial charge is 0.169 e. The lowest BCUT2D eigenvalue weighted by Gasteiger charge is -2.11. The summed E-state index contributed by atoms with van der Waals surface area (Å²) in [7, 11) is 4.15. The largest absolute Gasteiger partial charge is 0.378 e. The predicted octanol–water partition coefficient (Wildman–Crippen LogP) is 10.3. The van der Waals surface area contributed by atoms with Gasteiger partial charge in [-0.25, -0.2) is 4.57 Å². The molecule has 37 heavy (non-hydrogen) atoms. The molecule has 206 valence electrons. The molecule has 2 heteroatoms. The van der Waals surface area contributed by atoms with E-state index < -0.39 is 0 Å². The summed E-state index contributed by atoms with van der Waals surface area (Å²) in [5.74, 6) is 0. The Morgan fingerprint density at radius 2 is 0.892 bits per heavy atom. The maximum absolute atomic E-state index is 2.33. The summed E-state index contributed by atoms with van der Waals surface area (Å²) in [4.78, 5) is 2.13. The van der Waals surface area contributed by atoms with E-state index in [1.54, 1.807) is 0 Å². The average molecular weight is 506 g/mol. The van der Waals surface area contributed by atoms with E-state index in [2.05, 4.69) is 91.4 Å². The van der Waals surface area contributed by atoms with E-state index in [-0.39, 0.29) is 0 Å². The van der Waals surface area contributed by atoms with Crippen molar-refractivity contribution in [2.45, 2.75) is 129 Å². The fourth-order valence-corrected chi connectivity index (χ4v) is 5.00. The zero-order valence-electron chi connectivity index (χ0n) is 24.6. The van der Waals surface area contributed by atoms with Crippen LogP contribution in [0.3, 0.4) is 0 Å². The summed E-state index contributed by atoms with van der Waals surface area (Å²) in [6, 6.07) is 13.1. The van der Waals surface area contributed by atoms with Gasteiger partial charge in [0.15, 0.2) is 12.4 Å². The summed E-state index contributed by atoms with van der Waals surface area (Å²) in [5, 5.41) is 0. The lowest BCUT2D eigenvalue weighted by atomic mass is 10.0. The van der Waals surface area contributed by atoms with Gasteiger partial charge in [-0.2, -0.15) is 0 Å². The molecule has 0 aliphatic carbocycles. The van der Waals surface area contributed by atoms with Crippen LogP contribution in [0.25, 0.3) is 12.2 Å². The molecule has 0 aliphatic heterocycles. The van der Waals surface area contributed by atoms with E-state index in [1.165, 1.54) is 132 Å². The molecular weight excluding hydrogens is 448 g/mol. The zero-order valence-corrected chi connectivity index (χ0v) is 24.6. The number of anilines is 1. The van der Waals surface area contributed by atoms with Crippen molar-refractivity contribution in [2.24, 2.45) is 0 Å². The van der Waals surface area contributed by atoms with Gasteiger partial charge >= 0.3 is 0 Å². The Morgan fingerprint density at radius 1 is 0.514 bits per heavy atom. The number of aryl methyl sites for hydroxylation is 1. The van der Waals surface area contributed by atoms with Crippen LogP contribution in [0.4, 0.5) is 5.69 Å². The monoisotopic (exact) mass is 505 g/mol. The van der Waals surface area contributed by atoms with Crippen molar-refractivity contribution in [3.63, 3.8) is 0 Å². The van der Waals surface area contributed by atoms with Crippen molar-refractivity contribution in [3.8, 4) is 0 Å². The third kappa shape index (κ3) is 15.7. The first kappa shape index (κ1) is 31.1. The summed E-state index contributed by atoms with van der Waals surface area (Å²) >= 11 is 0. The van der Waals surface area contributed by atoms with Gasteiger partial charge in [0.25, 0.3) is 0 Å². The van der Waals surface area contributed by atoms with Crippen LogP contribution in [-0.4, -0.2) is 14.1 Å². The molecule has 2 aromatic rings. The van der Waals surface area contributed by atoms with Gasteiger partial charge in [-0.05, 0) is 29.7 Å². The van der Waals surface area contributed by atoms with Gasteiger partial charge < -0.3 is 4.90 Å². The summed E-state index contributed by atoms with van der Waals surface area (Å²) in [6.45, 7) is 3.43. The molecule has 2 rings (SSSR count). The third-order valence-corrected chi connectivity index (χ3v) is 7.56. The minimum Gasteiger partial charge on any atom is -0.378 e. The van der Waals surface area contributed by atoms with Gasteiger partial charge in [0, 0.05) is 38.3 Å². The Kier molecular flexibility index (Phi) is 17.6. The number of rotatable bonds is 22. The van der Waals surface area contributed by atoms with Crippen LogP contribution in [0, 0.1) is 0 Å². The predicted molar refractivity (Wildman–Crippen MR) is 165 cm³/mol. The second-order valence-electron chi connectivity index (χ2n) is 11.2. The zero-order chi connectivity index (χ0) is 26.4. The Morgan fingerprint density at radius 3 is 1.30 bits per heavy atom. The molecule has 0 N–H and O–H groups in total. The number of hydrogen-bond acceptors (Lipinski definition) is 1. The van der Waals surface area contributed by atoms with Crippen molar-refractivity contribution in [1.29, 1.82) is 0 Å². The maximum Gasteiger partial charge on any atom is 0.169 e. The standard InChI is InChI=1S/C35H57N2/c1-4-5-6-7-8-9-10-11-12-13-14-15-16-17-18-19-20-21-30-37-31-28-34(29-32-37)23-22-33-24-26-35(27-25-33)36(2)3/h22-29,31-32H,4-21,30H2,1-3H3/q+1. The lowest BCUT2D eigenvalue weighted by Crippen LogP contribution is -2.32. The van der Waals surface area contributed by atoms with Crippen molar-refractivity contribution in [2.75, 3.05) is 19.0 Å². The number of unbranched alkanes of at least 4 members (excludes halogenated alkanes) is 17. The van der Waals surface area contributed by atoms with Crippen molar-refractivity contribution in [3.05, 3.63) is 59.9 Å². The van der Waals surface area contributed by atoms with Gasteiger partial charge in [0.2, 0.25) is 0 Å². The van der Waals surface area contributed by atoms with Crippen molar-refractivity contribution < 1.29 is 4.57 Å². The quantitative estimate of drug-likeness (QED) is 0.114. The van der Waals surface area contributed by atoms with Crippen molar-refractivity contribution >= 4 is 17.8 Å². The van der Waals surface area contributed by atoms with Gasteiger partial charge in [-0.1, -0.05) is 134 Å². The van der Waals surface area contributed by atoms with Gasteiger partial charge in [-0.15, -0.1) is 0 Å². The molecule has 0 aliphatic rings. The molecule has 0 fully saturated rings. The van der Waals surface area contributed by atoms with Crippen molar-refractivity contribution in [1.82, 2.24) is 0 Å². The number of pyridine rings is 1. The SMILES string of the molecule is CCCCCCCCCCCCCCCCCCCC[n+]1ccc(/C=C/c2ccc(N(C)C)cc2)cc1. The van der Waals surface area contributed by atoms with E-state index in [0.717, 1.165) is 6.54 Å². The molecule has 0 bridgehead atoms. The molecule has 0 atom stereocenters. The molecule has 1 aromatic heterocycles. The Hall–Kier alpha value is -2.09. The minimum absolute atomic E-state index is 1.13. The highest BCUT2D eigenvalue weighted by molar-refractivity contribution is 5.70. The Balaban J connectivity index is 1.40. The molecule has 1 aromatic carbocycles. The normalized spacial score (nSPS) is 11.4. The summed E-state index contributed by atoms with van der Waals surface area (Å²) < 4.78 is 2.33. The second-order valence-corrected chi connectivity index (χ2v) is 11.2. The van der Waals surface area contributed by atoms with Crippen LogP contribution in [-0.2, 0) is 6.54 Å². The molecular formula is C35H57N2+. The van der Waals surface area contributed by atoms with Gasteiger partial charge in [-0.3, -0.25) is 0 Å². The lowest BCUT2D eigenvalue weighted by molar-refractivity contribution is -0.697. The topological polar surface area (TPSA) is 7.12 Å². The number of aromatic nitrogens is 1. The Labute approximate surface area is 230 Å². The summed E-state index contributed by atoms with van der Waals surface area (Å²) in [5.41, 5.74) is 3.73. The molecule has 0 radical (unpaired) electrons. The second kappa shape index (κ2) is 20.9. The van der Waals surface area contributed by atoms with Crippen LogP contribution in [0.2, 0.25) is 0 Å². The number of nitrogens with zero attached hydrogens (tertiary/aromatic N) is 2. The first-order valence-electron chi connectivity index (χ1n) is 15.6. The average Bonchev–Trinajstić information content (AvgIpc) is 2.92. The first-order valence-corrected chi connectivity index (χ1v) is 15.6. The molecule has 2 nitrogen and oxygen atoms in total. The fourth-order valence-electron chi connectivity index (χ4n) is 5.00. The van der Waals surface area contributed by atoms with E-state index in [9.17, 15) is 0 Å². The molecule has 1 heterocycles. The molecule has 0 saturated heterocycles. The molecule has 0 spiro atoms. The highest BCUT2D eigenvalue weighted by Crippen LogP contribution is 2.15. The Bertz CT molecular complexity index is 804. The van der Waals surface area contributed by atoms with Gasteiger partial charge in [0.05, 0.1) is 0 Å². The van der Waals surface area contributed by atoms with E-state index in [0.29, 0.717) is 0 Å². The maximum atomic E-state index is 2.33.